The maximum atomic E-state index is 12.1. The predicted octanol–water partition coefficient (Wildman–Crippen LogP) is 3.76. The second-order valence-electron chi connectivity index (χ2n) is 4.70. The molecular weight excluding hydrogens is 372 g/mol. The number of hydrogen-bond acceptors (Lipinski definition) is 3. The average molecular weight is 386 g/mol. The molecule has 1 atom stereocenters. The normalized spacial score (nSPS) is 11.8. The van der Waals surface area contributed by atoms with E-state index in [0.717, 1.165) is 5.56 Å². The summed E-state index contributed by atoms with van der Waals surface area (Å²) >= 11 is 9.12. The van der Waals surface area contributed by atoms with E-state index < -0.39 is 11.9 Å². The largest absolute Gasteiger partial charge is 0.444 e. The molecule has 5 nitrogen and oxygen atoms in total. The molecule has 0 radical (unpaired) electrons. The number of hydrogen-bond donors (Lipinski definition) is 2. The van der Waals surface area contributed by atoms with E-state index in [2.05, 4.69) is 26.6 Å². The highest BCUT2D eigenvalue weighted by Gasteiger charge is 2.19. The van der Waals surface area contributed by atoms with Crippen LogP contribution >= 0.6 is 27.5 Å². The molecule has 0 aliphatic rings. The summed E-state index contributed by atoms with van der Waals surface area (Å²) < 4.78 is 5.58. The third kappa shape index (κ3) is 3.90. The Balaban J connectivity index is 2.00. The van der Waals surface area contributed by atoms with Crippen LogP contribution in [0.4, 0.5) is 5.69 Å². The van der Waals surface area contributed by atoms with Crippen molar-refractivity contribution in [3.63, 3.8) is 0 Å². The van der Waals surface area contributed by atoms with Gasteiger partial charge in [-0.25, -0.2) is 0 Å². The zero-order valence-electron chi connectivity index (χ0n) is 11.9. The first kappa shape index (κ1) is 16.6. The van der Waals surface area contributed by atoms with Crippen LogP contribution in [0.3, 0.4) is 0 Å². The first-order chi connectivity index (χ1) is 10.4. The Hall–Kier alpha value is -1.79. The van der Waals surface area contributed by atoms with Gasteiger partial charge in [-0.1, -0.05) is 17.7 Å². The lowest BCUT2D eigenvalue weighted by Crippen LogP contribution is -2.41. The molecule has 1 aromatic heterocycles. The van der Waals surface area contributed by atoms with Crippen molar-refractivity contribution in [2.45, 2.75) is 19.9 Å². The van der Waals surface area contributed by atoms with Gasteiger partial charge >= 0.3 is 0 Å². The Bertz CT molecular complexity index is 715. The van der Waals surface area contributed by atoms with Gasteiger partial charge in [0.15, 0.2) is 10.4 Å². The fraction of sp³-hybridized carbons (Fsp3) is 0.200. The second-order valence-corrected chi connectivity index (χ2v) is 5.89. The van der Waals surface area contributed by atoms with E-state index >= 15 is 0 Å². The van der Waals surface area contributed by atoms with Crippen LogP contribution in [0, 0.1) is 6.92 Å². The molecule has 2 amide bonds. The number of rotatable bonds is 4. The quantitative estimate of drug-likeness (QED) is 0.842. The van der Waals surface area contributed by atoms with Crippen LogP contribution in [0.2, 0.25) is 5.02 Å². The zero-order valence-corrected chi connectivity index (χ0v) is 14.3. The first-order valence-electron chi connectivity index (χ1n) is 6.50. The lowest BCUT2D eigenvalue weighted by Gasteiger charge is -2.15. The van der Waals surface area contributed by atoms with Gasteiger partial charge in [-0.2, -0.15) is 0 Å². The van der Waals surface area contributed by atoms with Crippen LogP contribution in [0.25, 0.3) is 0 Å². The van der Waals surface area contributed by atoms with Gasteiger partial charge in [0, 0.05) is 10.7 Å². The highest BCUT2D eigenvalue weighted by molar-refractivity contribution is 9.10. The van der Waals surface area contributed by atoms with Crippen molar-refractivity contribution in [2.75, 3.05) is 5.32 Å². The summed E-state index contributed by atoms with van der Waals surface area (Å²) in [7, 11) is 0. The van der Waals surface area contributed by atoms with Gasteiger partial charge in [-0.05, 0) is 59.6 Å². The zero-order chi connectivity index (χ0) is 16.3. The molecule has 2 N–H and O–H groups in total. The summed E-state index contributed by atoms with van der Waals surface area (Å²) in [6.07, 6.45) is 0. The van der Waals surface area contributed by atoms with Crippen LogP contribution in [0.5, 0.6) is 0 Å². The van der Waals surface area contributed by atoms with Crippen LogP contribution < -0.4 is 10.6 Å². The smallest absolute Gasteiger partial charge is 0.287 e. The number of amides is 2. The molecule has 1 aromatic carbocycles. The van der Waals surface area contributed by atoms with Crippen molar-refractivity contribution in [1.29, 1.82) is 0 Å². The molecule has 2 rings (SSSR count). The standard InChI is InChI=1S/C15H14BrClN2O3/c1-8-10(17)4-3-5-11(8)19-14(20)9(2)18-15(21)12-6-7-13(16)22-12/h3-7,9H,1-2H3,(H,18,21)(H,19,20)/t9-/m0/s1. The molecule has 0 fully saturated rings. The summed E-state index contributed by atoms with van der Waals surface area (Å²) in [6.45, 7) is 3.40. The van der Waals surface area contributed by atoms with E-state index in [4.69, 9.17) is 16.0 Å². The predicted molar refractivity (Wildman–Crippen MR) is 88.2 cm³/mol. The maximum Gasteiger partial charge on any atom is 0.287 e. The highest BCUT2D eigenvalue weighted by atomic mass is 79.9. The average Bonchev–Trinajstić information content (AvgIpc) is 2.90. The van der Waals surface area contributed by atoms with Gasteiger partial charge in [-0.15, -0.1) is 0 Å². The molecule has 7 heteroatoms. The molecule has 0 saturated heterocycles. The number of carbonyl (C=O) groups is 2. The lowest BCUT2D eigenvalue weighted by molar-refractivity contribution is -0.117. The summed E-state index contributed by atoms with van der Waals surface area (Å²) in [5.74, 6) is -0.675. The SMILES string of the molecule is Cc1c(Cl)cccc1NC(=O)[C@H](C)NC(=O)c1ccc(Br)o1. The number of furan rings is 1. The van der Waals surface area contributed by atoms with Gasteiger partial charge in [0.05, 0.1) is 0 Å². The monoisotopic (exact) mass is 384 g/mol. The van der Waals surface area contributed by atoms with Gasteiger partial charge in [0.2, 0.25) is 5.91 Å². The van der Waals surface area contributed by atoms with Crippen molar-refractivity contribution in [3.05, 3.63) is 51.3 Å². The Labute approximate surface area is 141 Å². The number of halogens is 2. The Morgan fingerprint density at radius 3 is 2.64 bits per heavy atom. The van der Waals surface area contributed by atoms with Gasteiger partial charge in [-0.3, -0.25) is 9.59 Å². The fourth-order valence-corrected chi connectivity index (χ4v) is 2.23. The van der Waals surface area contributed by atoms with Crippen molar-refractivity contribution >= 4 is 45.0 Å². The second kappa shape index (κ2) is 6.98. The van der Waals surface area contributed by atoms with E-state index in [1.807, 2.05) is 6.92 Å². The minimum atomic E-state index is -0.727. The highest BCUT2D eigenvalue weighted by Crippen LogP contribution is 2.23. The summed E-state index contributed by atoms with van der Waals surface area (Å²) in [6, 6.07) is 7.63. The van der Waals surface area contributed by atoms with Crippen LogP contribution in [-0.4, -0.2) is 17.9 Å². The topological polar surface area (TPSA) is 71.3 Å². The van der Waals surface area contributed by atoms with Crippen LogP contribution in [0.1, 0.15) is 23.0 Å². The van der Waals surface area contributed by atoms with E-state index in [0.29, 0.717) is 15.4 Å². The molecule has 0 bridgehead atoms. The number of carbonyl (C=O) groups excluding carboxylic acids is 2. The minimum Gasteiger partial charge on any atom is -0.444 e. The minimum absolute atomic E-state index is 0.130. The summed E-state index contributed by atoms with van der Waals surface area (Å²) in [5, 5.41) is 5.86. The van der Waals surface area contributed by atoms with Gasteiger partial charge < -0.3 is 15.1 Å². The Morgan fingerprint density at radius 2 is 2.00 bits per heavy atom. The molecule has 2 aromatic rings. The molecule has 0 spiro atoms. The van der Waals surface area contributed by atoms with Gasteiger partial charge in [0.25, 0.3) is 5.91 Å². The van der Waals surface area contributed by atoms with Crippen molar-refractivity contribution in [2.24, 2.45) is 0 Å². The number of benzene rings is 1. The van der Waals surface area contributed by atoms with E-state index in [1.54, 1.807) is 31.2 Å². The summed E-state index contributed by atoms with van der Waals surface area (Å²) in [4.78, 5) is 24.1. The van der Waals surface area contributed by atoms with E-state index in [9.17, 15) is 9.59 Å². The number of nitrogens with one attached hydrogen (secondary N) is 2. The Kier molecular flexibility index (Phi) is 5.26. The van der Waals surface area contributed by atoms with Crippen molar-refractivity contribution < 1.29 is 14.0 Å². The van der Waals surface area contributed by atoms with E-state index in [-0.39, 0.29) is 11.7 Å². The molecule has 22 heavy (non-hydrogen) atoms. The molecule has 0 aliphatic carbocycles. The maximum absolute atomic E-state index is 12.1. The molecule has 0 saturated carbocycles. The van der Waals surface area contributed by atoms with Gasteiger partial charge in [0.1, 0.15) is 6.04 Å². The first-order valence-corrected chi connectivity index (χ1v) is 7.67. The van der Waals surface area contributed by atoms with Crippen LogP contribution in [0.15, 0.2) is 39.4 Å². The van der Waals surface area contributed by atoms with Crippen LogP contribution in [-0.2, 0) is 4.79 Å². The third-order valence-corrected chi connectivity index (χ3v) is 3.90. The molecule has 116 valence electrons. The van der Waals surface area contributed by atoms with E-state index in [1.165, 1.54) is 6.07 Å². The van der Waals surface area contributed by atoms with Crippen molar-refractivity contribution in [3.8, 4) is 0 Å². The fourth-order valence-electron chi connectivity index (χ4n) is 1.75. The molecular formula is C15H14BrClN2O3. The third-order valence-electron chi connectivity index (χ3n) is 3.06. The number of anilines is 1. The molecule has 0 unspecified atom stereocenters. The molecule has 0 aliphatic heterocycles. The lowest BCUT2D eigenvalue weighted by atomic mass is 10.2. The summed E-state index contributed by atoms with van der Waals surface area (Å²) in [5.41, 5.74) is 1.38. The Morgan fingerprint density at radius 1 is 1.27 bits per heavy atom. The molecule has 1 heterocycles. The van der Waals surface area contributed by atoms with Crippen molar-refractivity contribution in [1.82, 2.24) is 5.32 Å².